The van der Waals surface area contributed by atoms with E-state index >= 15 is 0 Å². The molecule has 0 bridgehead atoms. The number of nitrogens with zero attached hydrogens (tertiary/aromatic N) is 3. The van der Waals surface area contributed by atoms with Gasteiger partial charge >= 0.3 is 0 Å². The lowest BCUT2D eigenvalue weighted by atomic mass is 10.1. The SMILES string of the molecule is O=c1ccc2ccc(F)cc2n1CCN1C[C@H](CNCc2cc3c(cn2)OCCO3)[C@H](O)C1. The van der Waals surface area contributed by atoms with E-state index in [1.54, 1.807) is 22.9 Å². The standard InChI is InChI=1S/C24H27FN4O4/c25-18-3-1-16-2-4-24(31)29(20(16)9-18)6-5-28-14-17(21(30)15-28)11-26-12-19-10-22-23(13-27-19)33-8-7-32-22/h1-4,9-10,13,17,21,26,30H,5-8,11-12,14-15H2/t17-,21+/m0/s1. The van der Waals surface area contributed by atoms with Gasteiger partial charge in [-0.05, 0) is 29.7 Å². The van der Waals surface area contributed by atoms with Crippen molar-refractivity contribution in [3.63, 3.8) is 0 Å². The number of pyridine rings is 2. The molecule has 1 fully saturated rings. The summed E-state index contributed by atoms with van der Waals surface area (Å²) < 4.78 is 26.4. The van der Waals surface area contributed by atoms with Crippen molar-refractivity contribution in [1.29, 1.82) is 0 Å². The van der Waals surface area contributed by atoms with Gasteiger partial charge in [0.2, 0.25) is 0 Å². The first-order chi connectivity index (χ1) is 16.1. The molecule has 2 aliphatic heterocycles. The first-order valence-corrected chi connectivity index (χ1v) is 11.2. The third kappa shape index (κ3) is 4.85. The zero-order valence-corrected chi connectivity index (χ0v) is 18.2. The maximum Gasteiger partial charge on any atom is 0.251 e. The number of benzene rings is 1. The summed E-state index contributed by atoms with van der Waals surface area (Å²) in [4.78, 5) is 18.9. The monoisotopic (exact) mass is 454 g/mol. The van der Waals surface area contributed by atoms with Crippen molar-refractivity contribution in [2.24, 2.45) is 5.92 Å². The van der Waals surface area contributed by atoms with Gasteiger partial charge < -0.3 is 24.5 Å². The Kier molecular flexibility index (Phi) is 6.26. The van der Waals surface area contributed by atoms with E-state index in [4.69, 9.17) is 9.47 Å². The minimum atomic E-state index is -0.451. The van der Waals surface area contributed by atoms with E-state index in [0.717, 1.165) is 17.6 Å². The van der Waals surface area contributed by atoms with Crippen molar-refractivity contribution < 1.29 is 19.0 Å². The van der Waals surface area contributed by atoms with Crippen LogP contribution in [0.2, 0.25) is 0 Å². The normalized spacial score (nSPS) is 20.4. The fraction of sp³-hybridized carbons (Fsp3) is 0.417. The lowest BCUT2D eigenvalue weighted by molar-refractivity contribution is 0.140. The van der Waals surface area contributed by atoms with Crippen molar-refractivity contribution in [2.75, 3.05) is 39.4 Å². The van der Waals surface area contributed by atoms with Gasteiger partial charge in [0.15, 0.2) is 11.5 Å². The average Bonchev–Trinajstić information content (AvgIpc) is 3.17. The first-order valence-electron chi connectivity index (χ1n) is 11.2. The van der Waals surface area contributed by atoms with Gasteiger partial charge in [0.05, 0.1) is 23.5 Å². The summed E-state index contributed by atoms with van der Waals surface area (Å²) in [6.07, 6.45) is 1.23. The second kappa shape index (κ2) is 9.46. The van der Waals surface area contributed by atoms with Crippen LogP contribution in [0.4, 0.5) is 4.39 Å². The first kappa shape index (κ1) is 21.8. The van der Waals surface area contributed by atoms with Gasteiger partial charge in [-0.15, -0.1) is 0 Å². The van der Waals surface area contributed by atoms with Crippen molar-refractivity contribution >= 4 is 10.9 Å². The maximum atomic E-state index is 13.7. The Labute approximate surface area is 190 Å². The Morgan fingerprint density at radius 3 is 2.79 bits per heavy atom. The predicted octanol–water partition coefficient (Wildman–Crippen LogP) is 1.39. The number of hydrogen-bond donors (Lipinski definition) is 2. The zero-order chi connectivity index (χ0) is 22.8. The molecular formula is C24H27FN4O4. The number of rotatable bonds is 7. The van der Waals surface area contributed by atoms with Gasteiger partial charge in [-0.25, -0.2) is 4.39 Å². The highest BCUT2D eigenvalue weighted by Crippen LogP contribution is 2.29. The molecule has 2 aromatic heterocycles. The lowest BCUT2D eigenvalue weighted by Gasteiger charge is -2.19. The lowest BCUT2D eigenvalue weighted by Crippen LogP contribution is -2.31. The van der Waals surface area contributed by atoms with E-state index in [-0.39, 0.29) is 17.3 Å². The fourth-order valence-electron chi connectivity index (χ4n) is 4.53. The molecule has 0 spiro atoms. The maximum absolute atomic E-state index is 13.7. The topological polar surface area (TPSA) is 88.9 Å². The molecule has 2 atom stereocenters. The number of nitrogens with one attached hydrogen (secondary N) is 1. The fourth-order valence-corrected chi connectivity index (χ4v) is 4.53. The predicted molar refractivity (Wildman–Crippen MR) is 121 cm³/mol. The van der Waals surface area contributed by atoms with Crippen LogP contribution in [0.1, 0.15) is 5.69 Å². The van der Waals surface area contributed by atoms with Gasteiger partial charge in [-0.1, -0.05) is 0 Å². The van der Waals surface area contributed by atoms with Crippen LogP contribution < -0.4 is 20.3 Å². The summed E-state index contributed by atoms with van der Waals surface area (Å²) in [6, 6.07) is 9.57. The molecule has 2 N–H and O–H groups in total. The summed E-state index contributed by atoms with van der Waals surface area (Å²) in [5, 5.41) is 14.7. The molecule has 3 aromatic rings. The highest BCUT2D eigenvalue weighted by Gasteiger charge is 2.30. The van der Waals surface area contributed by atoms with E-state index in [1.165, 1.54) is 18.2 Å². The minimum absolute atomic E-state index is 0.0731. The number of aliphatic hydroxyl groups is 1. The highest BCUT2D eigenvalue weighted by atomic mass is 19.1. The van der Waals surface area contributed by atoms with Crippen molar-refractivity contribution in [3.05, 3.63) is 64.5 Å². The van der Waals surface area contributed by atoms with Crippen LogP contribution in [0.25, 0.3) is 10.9 Å². The van der Waals surface area contributed by atoms with Crippen molar-refractivity contribution in [3.8, 4) is 11.5 Å². The molecule has 33 heavy (non-hydrogen) atoms. The molecule has 1 aromatic carbocycles. The van der Waals surface area contributed by atoms with Gasteiger partial charge in [0, 0.05) is 57.3 Å². The molecule has 9 heteroatoms. The van der Waals surface area contributed by atoms with Gasteiger partial charge in [-0.2, -0.15) is 0 Å². The van der Waals surface area contributed by atoms with Gasteiger partial charge in [0.25, 0.3) is 5.56 Å². The summed E-state index contributed by atoms with van der Waals surface area (Å²) in [5.41, 5.74) is 1.29. The van der Waals surface area contributed by atoms with Crippen LogP contribution in [0.3, 0.4) is 0 Å². The van der Waals surface area contributed by atoms with Crippen LogP contribution in [0.5, 0.6) is 11.5 Å². The number of aliphatic hydroxyl groups excluding tert-OH is 1. The van der Waals surface area contributed by atoms with E-state index in [9.17, 15) is 14.3 Å². The largest absolute Gasteiger partial charge is 0.486 e. The molecule has 8 nitrogen and oxygen atoms in total. The molecule has 0 saturated carbocycles. The quantitative estimate of drug-likeness (QED) is 0.558. The number of ether oxygens (including phenoxy) is 2. The number of likely N-dealkylation sites (tertiary alicyclic amines) is 1. The van der Waals surface area contributed by atoms with Crippen LogP contribution in [-0.2, 0) is 13.1 Å². The van der Waals surface area contributed by atoms with E-state index < -0.39 is 6.10 Å². The molecule has 0 radical (unpaired) electrons. The molecule has 0 amide bonds. The summed E-state index contributed by atoms with van der Waals surface area (Å²) in [6.45, 7) is 4.59. The number of fused-ring (bicyclic) bond motifs is 2. The van der Waals surface area contributed by atoms with Crippen molar-refractivity contribution in [1.82, 2.24) is 19.8 Å². The summed E-state index contributed by atoms with van der Waals surface area (Å²) in [7, 11) is 0. The molecule has 4 heterocycles. The summed E-state index contributed by atoms with van der Waals surface area (Å²) >= 11 is 0. The molecule has 5 rings (SSSR count). The molecule has 0 unspecified atom stereocenters. The zero-order valence-electron chi connectivity index (χ0n) is 18.2. The second-order valence-corrected chi connectivity index (χ2v) is 8.56. The van der Waals surface area contributed by atoms with Crippen LogP contribution >= 0.6 is 0 Å². The van der Waals surface area contributed by atoms with Crippen LogP contribution in [0.15, 0.2) is 47.4 Å². The number of hydrogen-bond acceptors (Lipinski definition) is 7. The van der Waals surface area contributed by atoms with Crippen LogP contribution in [-0.4, -0.2) is 65.1 Å². The number of aromatic nitrogens is 2. The Morgan fingerprint density at radius 1 is 1.09 bits per heavy atom. The molecule has 1 saturated heterocycles. The molecule has 174 valence electrons. The third-order valence-electron chi connectivity index (χ3n) is 6.28. The van der Waals surface area contributed by atoms with E-state index in [0.29, 0.717) is 63.0 Å². The Balaban J connectivity index is 1.15. The molecular weight excluding hydrogens is 427 g/mol. The Hall–Kier alpha value is -3.01. The highest BCUT2D eigenvalue weighted by molar-refractivity contribution is 5.78. The molecule has 0 aliphatic carbocycles. The Morgan fingerprint density at radius 2 is 1.91 bits per heavy atom. The van der Waals surface area contributed by atoms with Gasteiger partial charge in [-0.3, -0.25) is 14.7 Å². The summed E-state index contributed by atoms with van der Waals surface area (Å²) in [5.74, 6) is 1.09. The third-order valence-corrected chi connectivity index (χ3v) is 6.28. The number of halogens is 1. The molecule has 2 aliphatic rings. The van der Waals surface area contributed by atoms with Crippen LogP contribution in [0, 0.1) is 11.7 Å². The van der Waals surface area contributed by atoms with Crippen molar-refractivity contribution in [2.45, 2.75) is 19.2 Å². The van der Waals surface area contributed by atoms with E-state index in [2.05, 4.69) is 15.2 Å². The second-order valence-electron chi connectivity index (χ2n) is 8.56. The number of β-amino-alcohol motifs (C(OH)–C–C–N with tert-alkyl or cyclic N) is 1. The average molecular weight is 455 g/mol. The smallest absolute Gasteiger partial charge is 0.251 e. The minimum Gasteiger partial charge on any atom is -0.486 e. The van der Waals surface area contributed by atoms with Gasteiger partial charge in [0.1, 0.15) is 19.0 Å². The van der Waals surface area contributed by atoms with E-state index in [1.807, 2.05) is 6.07 Å². The Bertz CT molecular complexity index is 1200.